The summed E-state index contributed by atoms with van der Waals surface area (Å²) in [5.74, 6) is -0.289. The lowest BCUT2D eigenvalue weighted by molar-refractivity contribution is 0.0619. The highest BCUT2D eigenvalue weighted by atomic mass is 35.7. The molecule has 0 aliphatic heterocycles. The predicted octanol–water partition coefficient (Wildman–Crippen LogP) is 3.84. The van der Waals surface area contributed by atoms with E-state index in [1.165, 1.54) is 12.1 Å². The van der Waals surface area contributed by atoms with Crippen LogP contribution in [0.25, 0.3) is 0 Å². The van der Waals surface area contributed by atoms with Crippen molar-refractivity contribution >= 4 is 37.2 Å². The second kappa shape index (κ2) is 6.15. The van der Waals surface area contributed by atoms with Crippen molar-refractivity contribution in [1.29, 1.82) is 0 Å². The molecule has 0 atom stereocenters. The topological polar surface area (TPSA) is 54.5 Å². The van der Waals surface area contributed by atoms with Gasteiger partial charge in [-0.1, -0.05) is 18.5 Å². The molecule has 0 saturated carbocycles. The van der Waals surface area contributed by atoms with Crippen molar-refractivity contribution in [3.8, 4) is 0 Å². The SMILES string of the molecule is CCC(C)(C)N(C)C(=O)c1cc(S(=O)(=O)Cl)cc(Cl)c1C. The van der Waals surface area contributed by atoms with E-state index in [4.69, 9.17) is 22.3 Å². The lowest BCUT2D eigenvalue weighted by Gasteiger charge is -2.35. The van der Waals surface area contributed by atoms with Crippen LogP contribution in [0.3, 0.4) is 0 Å². The maximum atomic E-state index is 12.6. The lowest BCUT2D eigenvalue weighted by atomic mass is 9.98. The largest absolute Gasteiger partial charge is 0.337 e. The molecule has 0 aliphatic carbocycles. The highest BCUT2D eigenvalue weighted by Gasteiger charge is 2.28. The van der Waals surface area contributed by atoms with E-state index in [1.807, 2.05) is 20.8 Å². The van der Waals surface area contributed by atoms with Crippen molar-refractivity contribution in [1.82, 2.24) is 4.90 Å². The number of hydrogen-bond acceptors (Lipinski definition) is 3. The number of benzene rings is 1. The second-order valence-corrected chi connectivity index (χ2v) is 8.52. The molecule has 118 valence electrons. The minimum absolute atomic E-state index is 0.175. The van der Waals surface area contributed by atoms with Gasteiger partial charge in [0.25, 0.3) is 15.0 Å². The Labute approximate surface area is 135 Å². The Hall–Kier alpha value is -0.780. The molecular formula is C14H19Cl2NO3S. The van der Waals surface area contributed by atoms with Crippen LogP contribution < -0.4 is 0 Å². The van der Waals surface area contributed by atoms with E-state index in [2.05, 4.69) is 0 Å². The summed E-state index contributed by atoms with van der Waals surface area (Å²) in [5.41, 5.74) is 0.418. The fourth-order valence-electron chi connectivity index (χ4n) is 1.71. The van der Waals surface area contributed by atoms with E-state index in [9.17, 15) is 13.2 Å². The minimum Gasteiger partial charge on any atom is -0.337 e. The monoisotopic (exact) mass is 351 g/mol. The second-order valence-electron chi connectivity index (χ2n) is 5.55. The van der Waals surface area contributed by atoms with E-state index in [1.54, 1.807) is 18.9 Å². The van der Waals surface area contributed by atoms with Crippen LogP contribution in [-0.4, -0.2) is 31.8 Å². The third-order valence-corrected chi connectivity index (χ3v) is 5.63. The number of nitrogens with zero attached hydrogens (tertiary/aromatic N) is 1. The molecule has 0 aliphatic rings. The lowest BCUT2D eigenvalue weighted by Crippen LogP contribution is -2.44. The van der Waals surface area contributed by atoms with Gasteiger partial charge in [-0.25, -0.2) is 8.42 Å². The predicted molar refractivity (Wildman–Crippen MR) is 85.7 cm³/mol. The van der Waals surface area contributed by atoms with Crippen molar-refractivity contribution in [3.05, 3.63) is 28.3 Å². The zero-order chi connectivity index (χ0) is 16.6. The summed E-state index contributed by atoms with van der Waals surface area (Å²) in [6.45, 7) is 7.52. The van der Waals surface area contributed by atoms with Crippen LogP contribution in [0.4, 0.5) is 0 Å². The maximum Gasteiger partial charge on any atom is 0.261 e. The molecule has 1 amide bonds. The molecule has 0 N–H and O–H groups in total. The first-order chi connectivity index (χ1) is 9.41. The normalized spacial score (nSPS) is 12.3. The van der Waals surface area contributed by atoms with E-state index < -0.39 is 9.05 Å². The van der Waals surface area contributed by atoms with Crippen LogP contribution in [0, 0.1) is 6.92 Å². The number of amides is 1. The summed E-state index contributed by atoms with van der Waals surface area (Å²) in [4.78, 5) is 14.0. The molecule has 0 radical (unpaired) electrons. The van der Waals surface area contributed by atoms with Gasteiger partial charge in [-0.3, -0.25) is 4.79 Å². The van der Waals surface area contributed by atoms with Gasteiger partial charge < -0.3 is 4.90 Å². The van der Waals surface area contributed by atoms with E-state index in [0.717, 1.165) is 6.42 Å². The number of hydrogen-bond donors (Lipinski definition) is 0. The van der Waals surface area contributed by atoms with Crippen molar-refractivity contribution in [2.45, 2.75) is 44.6 Å². The standard InChI is InChI=1S/C14H19Cl2NO3S/c1-6-14(3,4)17(5)13(18)11-7-10(21(16,19)20)8-12(15)9(11)2/h7-8H,6H2,1-5H3. The molecule has 0 bridgehead atoms. The molecule has 0 spiro atoms. The van der Waals surface area contributed by atoms with Crippen LogP contribution in [0.5, 0.6) is 0 Å². The maximum absolute atomic E-state index is 12.6. The number of carbonyl (C=O) groups is 1. The van der Waals surface area contributed by atoms with Crippen molar-refractivity contribution in [2.24, 2.45) is 0 Å². The molecule has 0 saturated heterocycles. The molecule has 0 fully saturated rings. The summed E-state index contributed by atoms with van der Waals surface area (Å²) < 4.78 is 23.0. The smallest absolute Gasteiger partial charge is 0.261 e. The van der Waals surface area contributed by atoms with Gasteiger partial charge in [-0.2, -0.15) is 0 Å². The average molecular weight is 352 g/mol. The van der Waals surface area contributed by atoms with Crippen molar-refractivity contribution in [2.75, 3.05) is 7.05 Å². The minimum atomic E-state index is -3.95. The van der Waals surface area contributed by atoms with Crippen LogP contribution in [0.1, 0.15) is 43.1 Å². The fraction of sp³-hybridized carbons (Fsp3) is 0.500. The first-order valence-corrected chi connectivity index (χ1v) is 9.13. The van der Waals surface area contributed by atoms with Gasteiger partial charge in [0.15, 0.2) is 0 Å². The van der Waals surface area contributed by atoms with Gasteiger partial charge in [0.2, 0.25) is 0 Å². The molecule has 21 heavy (non-hydrogen) atoms. The van der Waals surface area contributed by atoms with Gasteiger partial charge in [0, 0.05) is 33.9 Å². The van der Waals surface area contributed by atoms with Gasteiger partial charge in [0.1, 0.15) is 0 Å². The molecule has 1 rings (SSSR count). The van der Waals surface area contributed by atoms with E-state index >= 15 is 0 Å². The average Bonchev–Trinajstić information content (AvgIpc) is 2.38. The zero-order valence-corrected chi connectivity index (χ0v) is 15.0. The van der Waals surface area contributed by atoms with Crippen LogP contribution in [0.2, 0.25) is 5.02 Å². The summed E-state index contributed by atoms with van der Waals surface area (Å²) in [6, 6.07) is 2.52. The number of rotatable bonds is 4. The van der Waals surface area contributed by atoms with Gasteiger partial charge in [-0.05, 0) is 44.9 Å². The van der Waals surface area contributed by atoms with E-state index in [0.29, 0.717) is 5.56 Å². The Kier molecular flexibility index (Phi) is 5.35. The molecule has 1 aromatic carbocycles. The molecule has 7 heteroatoms. The third kappa shape index (κ3) is 3.90. The Bertz CT molecular complexity index is 669. The van der Waals surface area contributed by atoms with Crippen molar-refractivity contribution < 1.29 is 13.2 Å². The Balaban J connectivity index is 3.43. The van der Waals surface area contributed by atoms with Crippen LogP contribution in [0.15, 0.2) is 17.0 Å². The molecule has 1 aromatic rings. The molecule has 4 nitrogen and oxygen atoms in total. The number of halogens is 2. The molecular weight excluding hydrogens is 333 g/mol. The van der Waals surface area contributed by atoms with E-state index in [-0.39, 0.29) is 26.9 Å². The zero-order valence-electron chi connectivity index (χ0n) is 12.7. The summed E-state index contributed by atoms with van der Waals surface area (Å²) in [6.07, 6.45) is 0.759. The van der Waals surface area contributed by atoms with Gasteiger partial charge >= 0.3 is 0 Å². The first-order valence-electron chi connectivity index (χ1n) is 6.44. The molecule has 0 unspecified atom stereocenters. The Morgan fingerprint density at radius 2 is 1.86 bits per heavy atom. The molecule has 0 heterocycles. The third-order valence-electron chi connectivity index (χ3n) is 3.91. The van der Waals surface area contributed by atoms with Crippen LogP contribution >= 0.6 is 22.3 Å². The fourth-order valence-corrected chi connectivity index (χ4v) is 2.78. The van der Waals surface area contributed by atoms with Crippen LogP contribution in [-0.2, 0) is 9.05 Å². The Morgan fingerprint density at radius 1 is 1.33 bits per heavy atom. The summed E-state index contributed by atoms with van der Waals surface area (Å²) >= 11 is 6.03. The molecule has 0 aromatic heterocycles. The van der Waals surface area contributed by atoms with Gasteiger partial charge in [0.05, 0.1) is 4.90 Å². The Morgan fingerprint density at radius 3 is 2.29 bits per heavy atom. The van der Waals surface area contributed by atoms with Gasteiger partial charge in [-0.15, -0.1) is 0 Å². The first kappa shape index (κ1) is 18.3. The number of carbonyl (C=O) groups excluding carboxylic acids is 1. The summed E-state index contributed by atoms with van der Waals surface area (Å²) in [5, 5.41) is 0.197. The highest BCUT2D eigenvalue weighted by molar-refractivity contribution is 8.13. The van der Waals surface area contributed by atoms with Crippen molar-refractivity contribution in [3.63, 3.8) is 0 Å². The highest BCUT2D eigenvalue weighted by Crippen LogP contribution is 2.29. The summed E-state index contributed by atoms with van der Waals surface area (Å²) in [7, 11) is 3.08. The quantitative estimate of drug-likeness (QED) is 0.774.